The maximum atomic E-state index is 12.0. The van der Waals surface area contributed by atoms with E-state index >= 15 is 0 Å². The topological polar surface area (TPSA) is 155 Å². The van der Waals surface area contributed by atoms with E-state index in [0.29, 0.717) is 44.2 Å². The van der Waals surface area contributed by atoms with Gasteiger partial charge in [0.1, 0.15) is 13.2 Å². The number of carbonyl (C=O) groups is 2. The van der Waals surface area contributed by atoms with Crippen molar-refractivity contribution < 1.29 is 33.6 Å². The first-order valence-corrected chi connectivity index (χ1v) is 18.9. The van der Waals surface area contributed by atoms with Crippen LogP contribution in [-0.4, -0.2) is 54.3 Å². The molecule has 0 bridgehead atoms. The summed E-state index contributed by atoms with van der Waals surface area (Å²) in [5.41, 5.74) is 11.8. The largest absolute Gasteiger partial charge is 0.493 e. The Kier molecular flexibility index (Phi) is 19.5. The van der Waals surface area contributed by atoms with Gasteiger partial charge in [-0.2, -0.15) is 0 Å². The number of methoxy groups -OCH3 is 2. The second-order valence-corrected chi connectivity index (χ2v) is 12.7. The number of nitrogens with zero attached hydrogens (tertiary/aromatic N) is 2. The number of aliphatic carboxylic acids is 1. The predicted molar refractivity (Wildman–Crippen MR) is 231 cm³/mol. The molecule has 0 saturated heterocycles. The Morgan fingerprint density at radius 3 is 1.49 bits per heavy atom. The van der Waals surface area contributed by atoms with Crippen LogP contribution in [0.4, 0.5) is 0 Å². The Morgan fingerprint density at radius 1 is 0.593 bits per heavy atom. The van der Waals surface area contributed by atoms with Crippen molar-refractivity contribution in [2.24, 2.45) is 5.73 Å². The molecule has 4 aromatic carbocycles. The molecule has 1 amide bonds. The Bertz CT molecular complexity index is 2180. The fourth-order valence-corrected chi connectivity index (χ4v) is 5.29. The molecule has 0 unspecified atom stereocenters. The van der Waals surface area contributed by atoms with Crippen molar-refractivity contribution in [3.05, 3.63) is 192 Å². The van der Waals surface area contributed by atoms with Crippen LogP contribution in [-0.2, 0) is 35.6 Å². The van der Waals surface area contributed by atoms with E-state index in [9.17, 15) is 9.59 Å². The molecule has 0 radical (unpaired) electrons. The number of carbonyl (C=O) groups excluding carboxylic acids is 1. The van der Waals surface area contributed by atoms with Gasteiger partial charge in [0.25, 0.3) is 0 Å². The smallest absolute Gasteiger partial charge is 0.328 e. The SMILES string of the molecule is COc1ccc(CCN)cc1OCc1ccccc1.COc1ccc(CCNC(=O)/C=C/c2ccncc2)cc1OCc1ccccc1.O=C(O)/C=C/c1ccncc1. The summed E-state index contributed by atoms with van der Waals surface area (Å²) in [5.74, 6) is 1.82. The summed E-state index contributed by atoms with van der Waals surface area (Å²) in [6, 6.07) is 39.0. The molecule has 0 atom stereocenters. The molecule has 11 nitrogen and oxygen atoms in total. The summed E-state index contributed by atoms with van der Waals surface area (Å²) in [6.45, 7) is 2.16. The number of amides is 1. The number of hydrogen-bond acceptors (Lipinski definition) is 9. The molecule has 2 heterocycles. The third-order valence-electron chi connectivity index (χ3n) is 8.33. The average molecular weight is 795 g/mol. The van der Waals surface area contributed by atoms with Crippen LogP contribution in [0.1, 0.15) is 33.4 Å². The number of carboxylic acid groups (broad SMARTS) is 1. The standard InChI is InChI=1S/C24H24N2O3.C16H19NO2.C8H7NO2/c1-28-22-9-7-20(17-23(22)29-18-21-5-3-2-4-6-21)13-16-26-24(27)10-8-19-11-14-25-15-12-19;1-18-15-8-7-13(9-10-17)11-16(15)19-12-14-5-3-2-4-6-14;10-8(11)2-1-7-3-5-9-6-4-7/h2-12,14-15,17H,13,16,18H2,1H3,(H,26,27);2-8,11H,9-10,12,17H2,1H3;1-6H,(H,10,11)/b10-8+;;2-1+. The Balaban J connectivity index is 0.000000219. The molecule has 2 aromatic heterocycles. The van der Waals surface area contributed by atoms with Gasteiger partial charge < -0.3 is 35.1 Å². The Labute approximate surface area is 345 Å². The third kappa shape index (κ3) is 17.2. The first-order valence-electron chi connectivity index (χ1n) is 18.9. The molecular weight excluding hydrogens is 745 g/mol. The normalized spacial score (nSPS) is 10.4. The predicted octanol–water partition coefficient (Wildman–Crippen LogP) is 8.00. The van der Waals surface area contributed by atoms with Crippen LogP contribution in [0.15, 0.2) is 158 Å². The fraction of sp³-hybridized carbons (Fsp3) is 0.167. The first kappa shape index (κ1) is 44.5. The lowest BCUT2D eigenvalue weighted by molar-refractivity contribution is -0.131. The molecule has 6 rings (SSSR count). The maximum absolute atomic E-state index is 12.0. The Morgan fingerprint density at radius 2 is 1.05 bits per heavy atom. The number of ether oxygens (including phenoxy) is 4. The van der Waals surface area contributed by atoms with Crippen LogP contribution in [0.3, 0.4) is 0 Å². The van der Waals surface area contributed by atoms with Crippen LogP contribution in [0.2, 0.25) is 0 Å². The molecule has 0 saturated carbocycles. The van der Waals surface area contributed by atoms with Crippen molar-refractivity contribution in [3.8, 4) is 23.0 Å². The number of aromatic nitrogens is 2. The van der Waals surface area contributed by atoms with Crippen molar-refractivity contribution in [3.63, 3.8) is 0 Å². The maximum Gasteiger partial charge on any atom is 0.328 e. The fourth-order valence-electron chi connectivity index (χ4n) is 5.29. The van der Waals surface area contributed by atoms with Crippen molar-refractivity contribution in [1.29, 1.82) is 0 Å². The summed E-state index contributed by atoms with van der Waals surface area (Å²) >= 11 is 0. The van der Waals surface area contributed by atoms with Gasteiger partial charge in [-0.05, 0) is 113 Å². The lowest BCUT2D eigenvalue weighted by Crippen LogP contribution is -2.23. The van der Waals surface area contributed by atoms with Gasteiger partial charge in [-0.25, -0.2) is 4.79 Å². The Hall–Kier alpha value is -7.24. The summed E-state index contributed by atoms with van der Waals surface area (Å²) in [4.78, 5) is 29.8. The van der Waals surface area contributed by atoms with Gasteiger partial charge in [-0.1, -0.05) is 72.8 Å². The number of benzene rings is 4. The van der Waals surface area contributed by atoms with E-state index in [2.05, 4.69) is 15.3 Å². The van der Waals surface area contributed by atoms with Crippen LogP contribution in [0, 0.1) is 0 Å². The molecule has 304 valence electrons. The number of hydrogen-bond donors (Lipinski definition) is 3. The first-order chi connectivity index (χ1) is 28.9. The number of carboxylic acids is 1. The molecule has 0 fully saturated rings. The highest BCUT2D eigenvalue weighted by Gasteiger charge is 2.08. The molecule has 4 N–H and O–H groups in total. The summed E-state index contributed by atoms with van der Waals surface area (Å²) in [5, 5.41) is 11.2. The zero-order chi connectivity index (χ0) is 41.9. The number of nitrogens with one attached hydrogen (secondary N) is 1. The second-order valence-electron chi connectivity index (χ2n) is 12.7. The molecule has 6 aromatic rings. The molecule has 0 spiro atoms. The summed E-state index contributed by atoms with van der Waals surface area (Å²) in [7, 11) is 3.27. The molecule has 0 aliphatic heterocycles. The highest BCUT2D eigenvalue weighted by molar-refractivity contribution is 5.91. The van der Waals surface area contributed by atoms with Gasteiger partial charge in [0.15, 0.2) is 23.0 Å². The van der Waals surface area contributed by atoms with E-state index < -0.39 is 5.97 Å². The minimum atomic E-state index is -0.943. The minimum Gasteiger partial charge on any atom is -0.493 e. The van der Waals surface area contributed by atoms with Crippen molar-refractivity contribution in [2.45, 2.75) is 26.1 Å². The van der Waals surface area contributed by atoms with Crippen LogP contribution in [0.5, 0.6) is 23.0 Å². The highest BCUT2D eigenvalue weighted by Crippen LogP contribution is 2.30. The van der Waals surface area contributed by atoms with Gasteiger partial charge >= 0.3 is 5.97 Å². The highest BCUT2D eigenvalue weighted by atomic mass is 16.5. The van der Waals surface area contributed by atoms with E-state index in [1.165, 1.54) is 12.2 Å². The summed E-state index contributed by atoms with van der Waals surface area (Å²) in [6.07, 6.45) is 14.0. The van der Waals surface area contributed by atoms with Crippen molar-refractivity contribution >= 4 is 24.0 Å². The van der Waals surface area contributed by atoms with Crippen LogP contribution >= 0.6 is 0 Å². The van der Waals surface area contributed by atoms with Crippen molar-refractivity contribution in [1.82, 2.24) is 15.3 Å². The zero-order valence-electron chi connectivity index (χ0n) is 33.3. The van der Waals surface area contributed by atoms with Gasteiger partial charge in [-0.3, -0.25) is 14.8 Å². The van der Waals surface area contributed by atoms with Crippen LogP contribution < -0.4 is 30.0 Å². The molecule has 0 aliphatic carbocycles. The monoisotopic (exact) mass is 794 g/mol. The second kappa shape index (κ2) is 25.8. The van der Waals surface area contributed by atoms with E-state index in [4.69, 9.17) is 29.8 Å². The lowest BCUT2D eigenvalue weighted by Gasteiger charge is -2.12. The molecule has 59 heavy (non-hydrogen) atoms. The minimum absolute atomic E-state index is 0.129. The zero-order valence-corrected chi connectivity index (χ0v) is 33.3. The number of rotatable bonds is 17. The van der Waals surface area contributed by atoms with Gasteiger partial charge in [0, 0.05) is 43.5 Å². The van der Waals surface area contributed by atoms with Gasteiger partial charge in [0.2, 0.25) is 5.91 Å². The average Bonchev–Trinajstić information content (AvgIpc) is 3.28. The van der Waals surface area contributed by atoms with Crippen molar-refractivity contribution in [2.75, 3.05) is 27.3 Å². The summed E-state index contributed by atoms with van der Waals surface area (Å²) < 4.78 is 22.5. The van der Waals surface area contributed by atoms with E-state index in [0.717, 1.165) is 57.4 Å². The lowest BCUT2D eigenvalue weighted by atomic mass is 10.1. The van der Waals surface area contributed by atoms with E-state index in [-0.39, 0.29) is 5.91 Å². The molecular formula is C48H50N4O7. The number of nitrogens with two attached hydrogens (primary N) is 1. The van der Waals surface area contributed by atoms with E-state index in [1.54, 1.807) is 57.2 Å². The quantitative estimate of drug-likeness (QED) is 0.0774. The molecule has 0 aliphatic rings. The molecule has 11 heteroatoms. The van der Waals surface area contributed by atoms with Crippen LogP contribution in [0.25, 0.3) is 12.2 Å². The van der Waals surface area contributed by atoms with Gasteiger partial charge in [0.05, 0.1) is 14.2 Å². The van der Waals surface area contributed by atoms with E-state index in [1.807, 2.05) is 109 Å². The number of pyridine rings is 2. The third-order valence-corrected chi connectivity index (χ3v) is 8.33. The van der Waals surface area contributed by atoms with Gasteiger partial charge in [-0.15, -0.1) is 0 Å².